The van der Waals surface area contributed by atoms with Crippen LogP contribution in [0.3, 0.4) is 0 Å². The summed E-state index contributed by atoms with van der Waals surface area (Å²) >= 11 is 0. The molecule has 3 N–H and O–H groups in total. The van der Waals surface area contributed by atoms with E-state index in [1.807, 2.05) is 25.1 Å². The Morgan fingerprint density at radius 2 is 1.97 bits per heavy atom. The van der Waals surface area contributed by atoms with Gasteiger partial charge in [-0.05, 0) is 49.2 Å². The maximum absolute atomic E-state index is 12.9. The maximum Gasteiger partial charge on any atom is 0.272 e. The number of aromatic nitrogens is 1. The highest BCUT2D eigenvalue weighted by Gasteiger charge is 2.39. The second-order valence-corrected chi connectivity index (χ2v) is 8.31. The Kier molecular flexibility index (Phi) is 4.81. The molecule has 9 nitrogen and oxygen atoms in total. The summed E-state index contributed by atoms with van der Waals surface area (Å²) in [6.07, 6.45) is 1.12. The van der Waals surface area contributed by atoms with Crippen molar-refractivity contribution in [2.45, 2.75) is 32.4 Å². The number of carbonyl (C=O) groups is 5. The topological polar surface area (TPSA) is 128 Å². The number of hydrogen-bond donors (Lipinski definition) is 3. The van der Waals surface area contributed by atoms with Crippen molar-refractivity contribution in [3.05, 3.63) is 64.3 Å². The lowest BCUT2D eigenvalue weighted by molar-refractivity contribution is -0.136. The van der Waals surface area contributed by atoms with E-state index >= 15 is 0 Å². The van der Waals surface area contributed by atoms with Crippen LogP contribution in [0, 0.1) is 6.92 Å². The number of aryl methyl sites for hydroxylation is 1. The molecule has 2 aromatic carbocycles. The number of hydrogen-bond acceptors (Lipinski definition) is 5. The first-order chi connectivity index (χ1) is 15.9. The van der Waals surface area contributed by atoms with Crippen molar-refractivity contribution in [3.63, 3.8) is 0 Å². The fourth-order valence-corrected chi connectivity index (χ4v) is 4.47. The largest absolute Gasteiger partial charge is 0.350 e. The lowest BCUT2D eigenvalue weighted by Crippen LogP contribution is -2.52. The van der Waals surface area contributed by atoms with E-state index in [-0.39, 0.29) is 42.5 Å². The number of H-pyrrole nitrogens is 1. The summed E-state index contributed by atoms with van der Waals surface area (Å²) < 4.78 is 0. The predicted molar refractivity (Wildman–Crippen MR) is 119 cm³/mol. The highest BCUT2D eigenvalue weighted by atomic mass is 16.2. The Morgan fingerprint density at radius 3 is 2.73 bits per heavy atom. The van der Waals surface area contributed by atoms with Crippen LogP contribution >= 0.6 is 0 Å². The number of carbonyl (C=O) groups excluding carboxylic acids is 5. The lowest BCUT2D eigenvalue weighted by atomic mass is 10.0. The quantitative estimate of drug-likeness (QED) is 0.420. The average Bonchev–Trinajstić information content (AvgIpc) is 3.30. The van der Waals surface area contributed by atoms with Crippen LogP contribution in [0.5, 0.6) is 0 Å². The summed E-state index contributed by atoms with van der Waals surface area (Å²) in [5.41, 5.74) is 3.69. The minimum atomic E-state index is -0.703. The van der Waals surface area contributed by atoms with Crippen molar-refractivity contribution in [3.8, 4) is 0 Å². The highest BCUT2D eigenvalue weighted by Crippen LogP contribution is 2.30. The molecule has 0 spiro atoms. The number of benzene rings is 2. The molecule has 1 unspecified atom stereocenters. The summed E-state index contributed by atoms with van der Waals surface area (Å²) in [5, 5.41) is 5.73. The molecule has 9 heteroatoms. The van der Waals surface area contributed by atoms with Gasteiger partial charge in [0, 0.05) is 35.1 Å². The van der Waals surface area contributed by atoms with Crippen molar-refractivity contribution >= 4 is 46.5 Å². The molecule has 166 valence electrons. The third-order valence-corrected chi connectivity index (χ3v) is 6.12. The number of nitrogens with zero attached hydrogens (tertiary/aromatic N) is 1. The molecule has 33 heavy (non-hydrogen) atoms. The number of amides is 4. The van der Waals surface area contributed by atoms with Gasteiger partial charge in [0.15, 0.2) is 6.29 Å². The van der Waals surface area contributed by atoms with Gasteiger partial charge < -0.3 is 15.2 Å². The number of imide groups is 1. The molecule has 0 aliphatic carbocycles. The van der Waals surface area contributed by atoms with Gasteiger partial charge in [0.25, 0.3) is 11.8 Å². The van der Waals surface area contributed by atoms with Gasteiger partial charge in [-0.3, -0.25) is 29.3 Å². The fourth-order valence-electron chi connectivity index (χ4n) is 4.47. The average molecular weight is 444 g/mol. The summed E-state index contributed by atoms with van der Waals surface area (Å²) in [6, 6.07) is 9.75. The SMILES string of the molecule is Cc1ccc2[nH]c(C(=O)Nc3ccc4c(c3)CN(C3CCC(=O)NC3=O)C4=O)c(C=O)c2c1. The third kappa shape index (κ3) is 3.47. The maximum atomic E-state index is 12.9. The number of fused-ring (bicyclic) bond motifs is 2. The molecule has 0 radical (unpaired) electrons. The zero-order chi connectivity index (χ0) is 23.3. The number of aldehydes is 1. The van der Waals surface area contributed by atoms with Gasteiger partial charge in [0.2, 0.25) is 11.8 Å². The number of nitrogens with one attached hydrogen (secondary N) is 3. The summed E-state index contributed by atoms with van der Waals surface area (Å²) in [5.74, 6) is -1.58. The Bertz CT molecular complexity index is 1370. The van der Waals surface area contributed by atoms with Crippen molar-refractivity contribution in [1.82, 2.24) is 15.2 Å². The van der Waals surface area contributed by atoms with E-state index in [1.54, 1.807) is 18.2 Å². The molecule has 1 aromatic heterocycles. The summed E-state index contributed by atoms with van der Waals surface area (Å²) in [6.45, 7) is 2.11. The minimum absolute atomic E-state index is 0.160. The molecule has 1 saturated heterocycles. The molecule has 4 amide bonds. The van der Waals surface area contributed by atoms with Crippen LogP contribution in [0.2, 0.25) is 0 Å². The zero-order valence-electron chi connectivity index (χ0n) is 17.7. The van der Waals surface area contributed by atoms with Crippen molar-refractivity contribution in [1.29, 1.82) is 0 Å². The van der Waals surface area contributed by atoms with E-state index < -0.39 is 17.9 Å². The standard InChI is InChI=1S/C24H20N4O5/c1-12-2-5-18-16(8-12)17(11-29)21(26-18)23(32)25-14-3-4-15-13(9-14)10-28(24(15)33)19-6-7-20(30)27-22(19)31/h2-5,8-9,11,19,26H,6-7,10H2,1H3,(H,25,32)(H,27,30,31). The molecule has 0 saturated carbocycles. The van der Waals surface area contributed by atoms with E-state index in [1.165, 1.54) is 4.90 Å². The molecular weight excluding hydrogens is 424 g/mol. The van der Waals surface area contributed by atoms with E-state index in [9.17, 15) is 24.0 Å². The number of aromatic amines is 1. The van der Waals surface area contributed by atoms with Gasteiger partial charge in [-0.25, -0.2) is 0 Å². The van der Waals surface area contributed by atoms with Crippen LogP contribution in [0.1, 0.15) is 55.2 Å². The smallest absolute Gasteiger partial charge is 0.272 e. The Morgan fingerprint density at radius 1 is 1.15 bits per heavy atom. The van der Waals surface area contributed by atoms with Gasteiger partial charge in [-0.2, -0.15) is 0 Å². The Labute approximate surface area is 188 Å². The van der Waals surface area contributed by atoms with Crippen LogP contribution in [-0.4, -0.2) is 45.8 Å². The van der Waals surface area contributed by atoms with E-state index in [0.29, 0.717) is 34.0 Å². The van der Waals surface area contributed by atoms with Crippen LogP contribution in [0.4, 0.5) is 5.69 Å². The van der Waals surface area contributed by atoms with Crippen LogP contribution in [-0.2, 0) is 16.1 Å². The number of rotatable bonds is 4. The minimum Gasteiger partial charge on any atom is -0.350 e. The molecule has 5 rings (SSSR count). The van der Waals surface area contributed by atoms with Gasteiger partial charge in [0.1, 0.15) is 11.7 Å². The van der Waals surface area contributed by atoms with Crippen LogP contribution in [0.15, 0.2) is 36.4 Å². The molecule has 0 bridgehead atoms. The van der Waals surface area contributed by atoms with E-state index in [0.717, 1.165) is 5.56 Å². The van der Waals surface area contributed by atoms with Crippen molar-refractivity contribution in [2.75, 3.05) is 5.32 Å². The van der Waals surface area contributed by atoms with Gasteiger partial charge in [0.05, 0.1) is 5.56 Å². The molecular formula is C24H20N4O5. The van der Waals surface area contributed by atoms with Crippen molar-refractivity contribution in [2.24, 2.45) is 0 Å². The Hall–Kier alpha value is -4.27. The summed E-state index contributed by atoms with van der Waals surface area (Å²) in [4.78, 5) is 65.5. The number of anilines is 1. The third-order valence-electron chi connectivity index (χ3n) is 6.12. The zero-order valence-corrected chi connectivity index (χ0v) is 17.7. The lowest BCUT2D eigenvalue weighted by Gasteiger charge is -2.29. The predicted octanol–water partition coefficient (Wildman–Crippen LogP) is 2.30. The molecule has 1 atom stereocenters. The fraction of sp³-hybridized carbons (Fsp3) is 0.208. The molecule has 3 heterocycles. The number of piperidine rings is 1. The molecule has 2 aliphatic rings. The highest BCUT2D eigenvalue weighted by molar-refractivity contribution is 6.14. The normalized spacial score (nSPS) is 17.8. The van der Waals surface area contributed by atoms with Crippen LogP contribution in [0.25, 0.3) is 10.9 Å². The van der Waals surface area contributed by atoms with Crippen LogP contribution < -0.4 is 10.6 Å². The van der Waals surface area contributed by atoms with Crippen molar-refractivity contribution < 1.29 is 24.0 Å². The second-order valence-electron chi connectivity index (χ2n) is 8.31. The van der Waals surface area contributed by atoms with Gasteiger partial charge >= 0.3 is 0 Å². The molecule has 2 aliphatic heterocycles. The Balaban J connectivity index is 1.38. The monoisotopic (exact) mass is 444 g/mol. The van der Waals surface area contributed by atoms with Gasteiger partial charge in [-0.15, -0.1) is 0 Å². The first-order valence-electron chi connectivity index (χ1n) is 10.5. The first-order valence-corrected chi connectivity index (χ1v) is 10.5. The second kappa shape index (κ2) is 7.70. The van der Waals surface area contributed by atoms with Gasteiger partial charge in [-0.1, -0.05) is 11.6 Å². The van der Waals surface area contributed by atoms with E-state index in [2.05, 4.69) is 15.6 Å². The van der Waals surface area contributed by atoms with E-state index in [4.69, 9.17) is 0 Å². The molecule has 1 fully saturated rings. The summed E-state index contributed by atoms with van der Waals surface area (Å²) in [7, 11) is 0. The molecule has 3 aromatic rings. The first kappa shape index (κ1) is 20.6.